The molecule has 0 saturated heterocycles. The summed E-state index contributed by atoms with van der Waals surface area (Å²) in [5, 5.41) is 7.07. The van der Waals surface area contributed by atoms with Crippen LogP contribution in [0.4, 0.5) is 0 Å². The van der Waals surface area contributed by atoms with E-state index in [0.29, 0.717) is 12.1 Å². The van der Waals surface area contributed by atoms with E-state index in [1.807, 2.05) is 0 Å². The standard InChI is InChI=1S/C13H22N2S/c1-8-5-6-12(9(8)2)14-10(3)13-7-16-11(4)15-13/h7-10,12,14H,5-6H2,1-4H3. The van der Waals surface area contributed by atoms with Gasteiger partial charge in [0.2, 0.25) is 0 Å². The second kappa shape index (κ2) is 4.84. The van der Waals surface area contributed by atoms with Crippen molar-refractivity contribution in [3.8, 4) is 0 Å². The Labute approximate surface area is 102 Å². The topological polar surface area (TPSA) is 24.9 Å². The molecule has 1 heterocycles. The van der Waals surface area contributed by atoms with Crippen molar-refractivity contribution in [2.45, 2.75) is 52.6 Å². The van der Waals surface area contributed by atoms with Crippen molar-refractivity contribution < 1.29 is 0 Å². The van der Waals surface area contributed by atoms with E-state index in [1.165, 1.54) is 18.5 Å². The molecule has 3 heteroatoms. The van der Waals surface area contributed by atoms with Crippen LogP contribution in [0.1, 0.15) is 50.4 Å². The molecule has 0 bridgehead atoms. The molecule has 1 fully saturated rings. The first-order valence-corrected chi connectivity index (χ1v) is 7.14. The number of nitrogens with one attached hydrogen (secondary N) is 1. The van der Waals surface area contributed by atoms with Crippen LogP contribution < -0.4 is 5.32 Å². The minimum Gasteiger partial charge on any atom is -0.306 e. The molecule has 0 aromatic carbocycles. The van der Waals surface area contributed by atoms with Gasteiger partial charge in [0.15, 0.2) is 0 Å². The van der Waals surface area contributed by atoms with Crippen molar-refractivity contribution in [2.24, 2.45) is 11.8 Å². The molecule has 16 heavy (non-hydrogen) atoms. The van der Waals surface area contributed by atoms with Gasteiger partial charge in [-0.15, -0.1) is 11.3 Å². The summed E-state index contributed by atoms with van der Waals surface area (Å²) < 4.78 is 0. The molecule has 1 aliphatic rings. The fraction of sp³-hybridized carbons (Fsp3) is 0.769. The SMILES string of the molecule is Cc1nc(C(C)NC2CCC(C)C2C)cs1. The fourth-order valence-corrected chi connectivity index (χ4v) is 3.29. The third-order valence-corrected chi connectivity index (χ3v) is 4.80. The molecule has 1 saturated carbocycles. The highest BCUT2D eigenvalue weighted by molar-refractivity contribution is 7.09. The first-order valence-electron chi connectivity index (χ1n) is 6.26. The van der Waals surface area contributed by atoms with Crippen LogP contribution in [0, 0.1) is 18.8 Å². The molecule has 1 aromatic rings. The van der Waals surface area contributed by atoms with Crippen molar-refractivity contribution in [3.63, 3.8) is 0 Å². The lowest BCUT2D eigenvalue weighted by Crippen LogP contribution is -2.34. The normalized spacial score (nSPS) is 31.9. The largest absolute Gasteiger partial charge is 0.306 e. The first kappa shape index (κ1) is 12.1. The Hall–Kier alpha value is -0.410. The monoisotopic (exact) mass is 238 g/mol. The van der Waals surface area contributed by atoms with Gasteiger partial charge < -0.3 is 5.32 Å². The smallest absolute Gasteiger partial charge is 0.0898 e. The minimum absolute atomic E-state index is 0.391. The third-order valence-electron chi connectivity index (χ3n) is 4.01. The molecule has 0 amide bonds. The zero-order valence-electron chi connectivity index (χ0n) is 10.7. The van der Waals surface area contributed by atoms with Gasteiger partial charge in [-0.1, -0.05) is 13.8 Å². The lowest BCUT2D eigenvalue weighted by molar-refractivity contribution is 0.345. The molecule has 90 valence electrons. The van der Waals surface area contributed by atoms with Crippen LogP contribution in [0.25, 0.3) is 0 Å². The van der Waals surface area contributed by atoms with Gasteiger partial charge in [0.1, 0.15) is 0 Å². The van der Waals surface area contributed by atoms with Gasteiger partial charge in [-0.2, -0.15) is 0 Å². The van der Waals surface area contributed by atoms with Gasteiger partial charge in [-0.3, -0.25) is 0 Å². The number of thiazole rings is 1. The quantitative estimate of drug-likeness (QED) is 0.871. The van der Waals surface area contributed by atoms with E-state index in [-0.39, 0.29) is 0 Å². The van der Waals surface area contributed by atoms with Crippen LogP contribution >= 0.6 is 11.3 Å². The third kappa shape index (κ3) is 2.46. The lowest BCUT2D eigenvalue weighted by Gasteiger charge is -2.23. The average molecular weight is 238 g/mol. The van der Waals surface area contributed by atoms with E-state index in [1.54, 1.807) is 11.3 Å². The van der Waals surface area contributed by atoms with Crippen LogP contribution in [-0.2, 0) is 0 Å². The molecular weight excluding hydrogens is 216 g/mol. The van der Waals surface area contributed by atoms with Crippen molar-refractivity contribution >= 4 is 11.3 Å². The van der Waals surface area contributed by atoms with Crippen LogP contribution in [0.3, 0.4) is 0 Å². The molecule has 2 rings (SSSR count). The highest BCUT2D eigenvalue weighted by Gasteiger charge is 2.30. The van der Waals surface area contributed by atoms with Gasteiger partial charge in [0.05, 0.1) is 10.7 Å². The molecule has 1 aliphatic carbocycles. The molecule has 0 spiro atoms. The van der Waals surface area contributed by atoms with Crippen molar-refractivity contribution in [3.05, 3.63) is 16.1 Å². The van der Waals surface area contributed by atoms with Crippen molar-refractivity contribution in [1.82, 2.24) is 10.3 Å². The van der Waals surface area contributed by atoms with E-state index in [9.17, 15) is 0 Å². The van der Waals surface area contributed by atoms with Crippen LogP contribution in [-0.4, -0.2) is 11.0 Å². The van der Waals surface area contributed by atoms with Gasteiger partial charge in [-0.05, 0) is 38.5 Å². The Morgan fingerprint density at radius 3 is 2.69 bits per heavy atom. The maximum atomic E-state index is 4.55. The van der Waals surface area contributed by atoms with Crippen LogP contribution in [0.15, 0.2) is 5.38 Å². The Morgan fingerprint density at radius 1 is 1.44 bits per heavy atom. The highest BCUT2D eigenvalue weighted by atomic mass is 32.1. The van der Waals surface area contributed by atoms with Gasteiger partial charge >= 0.3 is 0 Å². The summed E-state index contributed by atoms with van der Waals surface area (Å²) in [6, 6.07) is 1.06. The summed E-state index contributed by atoms with van der Waals surface area (Å²) in [6.45, 7) is 9.03. The maximum absolute atomic E-state index is 4.55. The van der Waals surface area contributed by atoms with Gasteiger partial charge in [-0.25, -0.2) is 4.98 Å². The fourth-order valence-electron chi connectivity index (χ4n) is 2.59. The Kier molecular flexibility index (Phi) is 3.65. The Morgan fingerprint density at radius 2 is 2.19 bits per heavy atom. The number of rotatable bonds is 3. The van der Waals surface area contributed by atoms with E-state index in [0.717, 1.165) is 16.8 Å². The molecule has 2 nitrogen and oxygen atoms in total. The van der Waals surface area contributed by atoms with Crippen LogP contribution in [0.5, 0.6) is 0 Å². The molecule has 1 aromatic heterocycles. The molecule has 0 aliphatic heterocycles. The number of aryl methyl sites for hydroxylation is 1. The zero-order chi connectivity index (χ0) is 11.7. The summed E-state index contributed by atoms with van der Waals surface area (Å²) in [4.78, 5) is 4.55. The minimum atomic E-state index is 0.391. The van der Waals surface area contributed by atoms with E-state index in [4.69, 9.17) is 0 Å². The molecule has 0 radical (unpaired) electrons. The van der Waals surface area contributed by atoms with Crippen molar-refractivity contribution in [2.75, 3.05) is 0 Å². The zero-order valence-corrected chi connectivity index (χ0v) is 11.5. The lowest BCUT2D eigenvalue weighted by atomic mass is 9.97. The summed E-state index contributed by atoms with van der Waals surface area (Å²) in [5.41, 5.74) is 1.20. The molecule has 4 atom stereocenters. The highest BCUT2D eigenvalue weighted by Crippen LogP contribution is 2.32. The molecule has 4 unspecified atom stereocenters. The van der Waals surface area contributed by atoms with Gasteiger partial charge in [0.25, 0.3) is 0 Å². The molecule has 1 N–H and O–H groups in total. The number of nitrogens with zero attached hydrogens (tertiary/aromatic N) is 1. The second-order valence-electron chi connectivity index (χ2n) is 5.20. The van der Waals surface area contributed by atoms with Gasteiger partial charge in [0, 0.05) is 17.5 Å². The maximum Gasteiger partial charge on any atom is 0.0898 e. The second-order valence-corrected chi connectivity index (χ2v) is 6.26. The van der Waals surface area contributed by atoms with E-state index < -0.39 is 0 Å². The molecular formula is C13H22N2S. The Bertz CT molecular complexity index is 347. The predicted octanol–water partition coefficient (Wildman–Crippen LogP) is 3.54. The average Bonchev–Trinajstić information content (AvgIpc) is 2.79. The Balaban J connectivity index is 1.95. The van der Waals surface area contributed by atoms with Crippen molar-refractivity contribution in [1.29, 1.82) is 0 Å². The number of hydrogen-bond donors (Lipinski definition) is 1. The van der Waals surface area contributed by atoms with E-state index in [2.05, 4.69) is 43.4 Å². The van der Waals surface area contributed by atoms with Crippen LogP contribution in [0.2, 0.25) is 0 Å². The summed E-state index contributed by atoms with van der Waals surface area (Å²) in [7, 11) is 0. The van der Waals surface area contributed by atoms with E-state index >= 15 is 0 Å². The number of aromatic nitrogens is 1. The summed E-state index contributed by atoms with van der Waals surface area (Å²) >= 11 is 1.74. The summed E-state index contributed by atoms with van der Waals surface area (Å²) in [6.07, 6.45) is 2.68. The summed E-state index contributed by atoms with van der Waals surface area (Å²) in [5.74, 6) is 1.66. The first-order chi connectivity index (χ1) is 7.58. The number of hydrogen-bond acceptors (Lipinski definition) is 3. The predicted molar refractivity (Wildman–Crippen MR) is 69.8 cm³/mol.